The van der Waals surface area contributed by atoms with Crippen molar-refractivity contribution in [3.63, 3.8) is 0 Å². The molecule has 12 heavy (non-hydrogen) atoms. The van der Waals surface area contributed by atoms with E-state index in [1.807, 2.05) is 12.2 Å². The van der Waals surface area contributed by atoms with Gasteiger partial charge in [-0.3, -0.25) is 0 Å². The van der Waals surface area contributed by atoms with Gasteiger partial charge < -0.3 is 4.74 Å². The first-order chi connectivity index (χ1) is 5.81. The lowest BCUT2D eigenvalue weighted by Gasteiger charge is -1.96. The maximum absolute atomic E-state index is 10.7. The summed E-state index contributed by atoms with van der Waals surface area (Å²) in [6.07, 6.45) is 9.20. The van der Waals surface area contributed by atoms with Crippen molar-refractivity contribution >= 4 is 5.97 Å². The van der Waals surface area contributed by atoms with Crippen LogP contribution in [0.25, 0.3) is 0 Å². The van der Waals surface area contributed by atoms with Gasteiger partial charge in [0.25, 0.3) is 0 Å². The van der Waals surface area contributed by atoms with Crippen molar-refractivity contribution in [2.75, 3.05) is 6.61 Å². The SMILES string of the molecule is C=C/C=C/CCOC(=O)/C=C\C. The van der Waals surface area contributed by atoms with E-state index in [0.29, 0.717) is 6.61 Å². The quantitative estimate of drug-likeness (QED) is 0.271. The molecule has 0 fully saturated rings. The number of carbonyl (C=O) groups excluding carboxylic acids is 1. The average molecular weight is 166 g/mol. The summed E-state index contributed by atoms with van der Waals surface area (Å²) in [6.45, 7) is 5.72. The highest BCUT2D eigenvalue weighted by molar-refractivity contribution is 5.81. The Balaban J connectivity index is 3.37. The molecule has 0 N–H and O–H groups in total. The minimum Gasteiger partial charge on any atom is -0.462 e. The van der Waals surface area contributed by atoms with Crippen LogP contribution >= 0.6 is 0 Å². The Morgan fingerprint density at radius 1 is 1.58 bits per heavy atom. The molecule has 0 aromatic carbocycles. The fourth-order valence-electron chi connectivity index (χ4n) is 0.604. The zero-order valence-electron chi connectivity index (χ0n) is 7.32. The molecule has 0 heterocycles. The predicted octanol–water partition coefficient (Wildman–Crippen LogP) is 2.24. The maximum atomic E-state index is 10.7. The lowest BCUT2D eigenvalue weighted by molar-refractivity contribution is -0.137. The summed E-state index contributed by atoms with van der Waals surface area (Å²) in [5.41, 5.74) is 0. The zero-order valence-corrected chi connectivity index (χ0v) is 7.32. The lowest BCUT2D eigenvalue weighted by atomic mass is 10.4. The monoisotopic (exact) mass is 166 g/mol. The van der Waals surface area contributed by atoms with Crippen LogP contribution < -0.4 is 0 Å². The fourth-order valence-corrected chi connectivity index (χ4v) is 0.604. The summed E-state index contributed by atoms with van der Waals surface area (Å²) in [5.74, 6) is -0.287. The molecule has 0 spiro atoms. The topological polar surface area (TPSA) is 26.3 Å². The second-order valence-corrected chi connectivity index (χ2v) is 2.12. The third kappa shape index (κ3) is 6.81. The third-order valence-corrected chi connectivity index (χ3v) is 1.10. The Bertz CT molecular complexity index is 190. The Morgan fingerprint density at radius 3 is 2.92 bits per heavy atom. The first-order valence-corrected chi connectivity index (χ1v) is 3.88. The molecule has 0 unspecified atom stereocenters. The van der Waals surface area contributed by atoms with E-state index in [1.54, 1.807) is 19.1 Å². The number of hydrogen-bond donors (Lipinski definition) is 0. The number of ether oxygens (including phenoxy) is 1. The van der Waals surface area contributed by atoms with Gasteiger partial charge in [0.15, 0.2) is 0 Å². The van der Waals surface area contributed by atoms with Crippen LogP contribution in [0.2, 0.25) is 0 Å². The molecule has 0 aliphatic heterocycles. The van der Waals surface area contributed by atoms with E-state index in [1.165, 1.54) is 6.08 Å². The molecular formula is C10H14O2. The fraction of sp³-hybridized carbons (Fsp3) is 0.300. The number of allylic oxidation sites excluding steroid dienone is 3. The van der Waals surface area contributed by atoms with Crippen LogP contribution in [0.15, 0.2) is 37.0 Å². The number of hydrogen-bond acceptors (Lipinski definition) is 2. The normalized spacial score (nSPS) is 10.8. The van der Waals surface area contributed by atoms with Crippen LogP contribution in [0.5, 0.6) is 0 Å². The van der Waals surface area contributed by atoms with Gasteiger partial charge >= 0.3 is 5.97 Å². The molecule has 0 aromatic rings. The first-order valence-electron chi connectivity index (χ1n) is 3.88. The molecule has 0 radical (unpaired) electrons. The molecule has 0 aliphatic carbocycles. The number of carbonyl (C=O) groups is 1. The predicted molar refractivity (Wildman–Crippen MR) is 49.7 cm³/mol. The molecule has 0 aliphatic rings. The van der Waals surface area contributed by atoms with E-state index in [9.17, 15) is 4.79 Å². The largest absolute Gasteiger partial charge is 0.462 e. The van der Waals surface area contributed by atoms with E-state index in [0.717, 1.165) is 6.42 Å². The smallest absolute Gasteiger partial charge is 0.330 e. The van der Waals surface area contributed by atoms with Crippen LogP contribution in [0.3, 0.4) is 0 Å². The van der Waals surface area contributed by atoms with E-state index in [4.69, 9.17) is 4.74 Å². The zero-order chi connectivity index (χ0) is 9.23. The van der Waals surface area contributed by atoms with Gasteiger partial charge in [0.1, 0.15) is 0 Å². The summed E-state index contributed by atoms with van der Waals surface area (Å²) >= 11 is 0. The molecule has 0 saturated carbocycles. The maximum Gasteiger partial charge on any atom is 0.330 e. The second-order valence-electron chi connectivity index (χ2n) is 2.12. The lowest BCUT2D eigenvalue weighted by Crippen LogP contribution is -2.00. The standard InChI is InChI=1S/C10H14O2/c1-3-5-6-7-9-12-10(11)8-4-2/h3-6,8H,1,7,9H2,2H3/b6-5+,8-4-. The highest BCUT2D eigenvalue weighted by Crippen LogP contribution is 1.87. The van der Waals surface area contributed by atoms with Crippen LogP contribution in [-0.4, -0.2) is 12.6 Å². The summed E-state index contributed by atoms with van der Waals surface area (Å²) in [5, 5.41) is 0. The summed E-state index contributed by atoms with van der Waals surface area (Å²) in [4.78, 5) is 10.7. The second kappa shape index (κ2) is 7.79. The van der Waals surface area contributed by atoms with Gasteiger partial charge in [-0.05, 0) is 13.3 Å². The van der Waals surface area contributed by atoms with Crippen LogP contribution in [-0.2, 0) is 9.53 Å². The molecular weight excluding hydrogens is 152 g/mol. The van der Waals surface area contributed by atoms with E-state index < -0.39 is 0 Å². The molecule has 0 rings (SSSR count). The van der Waals surface area contributed by atoms with Gasteiger partial charge in [-0.1, -0.05) is 30.9 Å². The van der Waals surface area contributed by atoms with Crippen molar-refractivity contribution in [1.29, 1.82) is 0 Å². The Kier molecular flexibility index (Phi) is 6.94. The molecule has 2 nitrogen and oxygen atoms in total. The summed E-state index contributed by atoms with van der Waals surface area (Å²) < 4.78 is 4.82. The van der Waals surface area contributed by atoms with Crippen molar-refractivity contribution in [2.24, 2.45) is 0 Å². The Hall–Kier alpha value is -1.31. The molecule has 0 atom stereocenters. The van der Waals surface area contributed by atoms with Crippen LogP contribution in [0.4, 0.5) is 0 Å². The summed E-state index contributed by atoms with van der Waals surface area (Å²) in [6, 6.07) is 0. The number of rotatable bonds is 5. The third-order valence-electron chi connectivity index (χ3n) is 1.10. The van der Waals surface area contributed by atoms with Gasteiger partial charge in [-0.15, -0.1) is 0 Å². The van der Waals surface area contributed by atoms with Crippen molar-refractivity contribution in [2.45, 2.75) is 13.3 Å². The minimum absolute atomic E-state index is 0.287. The molecule has 66 valence electrons. The summed E-state index contributed by atoms with van der Waals surface area (Å²) in [7, 11) is 0. The van der Waals surface area contributed by atoms with Crippen molar-refractivity contribution in [1.82, 2.24) is 0 Å². The van der Waals surface area contributed by atoms with E-state index >= 15 is 0 Å². The van der Waals surface area contributed by atoms with Gasteiger partial charge in [0.2, 0.25) is 0 Å². The van der Waals surface area contributed by atoms with E-state index in [-0.39, 0.29) is 5.97 Å². The average Bonchev–Trinajstić information content (AvgIpc) is 2.05. The van der Waals surface area contributed by atoms with Crippen molar-refractivity contribution in [3.05, 3.63) is 37.0 Å². The van der Waals surface area contributed by atoms with Gasteiger partial charge in [-0.2, -0.15) is 0 Å². The Morgan fingerprint density at radius 2 is 2.33 bits per heavy atom. The molecule has 0 saturated heterocycles. The highest BCUT2D eigenvalue weighted by Gasteiger charge is 1.92. The van der Waals surface area contributed by atoms with Gasteiger partial charge in [0, 0.05) is 6.08 Å². The van der Waals surface area contributed by atoms with Gasteiger partial charge in [-0.25, -0.2) is 4.79 Å². The first kappa shape index (κ1) is 10.7. The molecule has 0 aromatic heterocycles. The van der Waals surface area contributed by atoms with Crippen LogP contribution in [0, 0.1) is 0 Å². The van der Waals surface area contributed by atoms with Gasteiger partial charge in [0.05, 0.1) is 6.61 Å². The van der Waals surface area contributed by atoms with Crippen LogP contribution in [0.1, 0.15) is 13.3 Å². The highest BCUT2D eigenvalue weighted by atomic mass is 16.5. The molecule has 2 heteroatoms. The Labute approximate surface area is 73.2 Å². The minimum atomic E-state index is -0.287. The van der Waals surface area contributed by atoms with E-state index in [2.05, 4.69) is 6.58 Å². The number of esters is 1. The van der Waals surface area contributed by atoms with Crippen molar-refractivity contribution in [3.8, 4) is 0 Å². The molecule has 0 amide bonds. The van der Waals surface area contributed by atoms with Crippen molar-refractivity contribution < 1.29 is 9.53 Å². The molecule has 0 bridgehead atoms.